The molecule has 4 aromatic rings. The number of allylic oxidation sites excluding steroid dienone is 1. The summed E-state index contributed by atoms with van der Waals surface area (Å²) in [6, 6.07) is 19.6. The SMILES string of the molecule is N#C/C(=C/c1ccc(OCc2cccc([N+](=O)[O-])c2)cc1)c1nc2ccc(F)cc2[nH]1. The van der Waals surface area contributed by atoms with E-state index in [2.05, 4.69) is 16.0 Å². The molecule has 0 aliphatic carbocycles. The standard InChI is InChI=1S/C23H15FN4O3/c24-18-6-9-21-22(12-18)27-23(26-21)17(13-25)10-15-4-7-20(8-5-15)31-14-16-2-1-3-19(11-16)28(29)30/h1-12H,14H2,(H,26,27)/b17-10-. The first kappa shape index (κ1) is 19.8. The second kappa shape index (κ2) is 8.47. The van der Waals surface area contributed by atoms with Crippen LogP contribution < -0.4 is 4.74 Å². The van der Waals surface area contributed by atoms with Gasteiger partial charge in [-0.2, -0.15) is 5.26 Å². The second-order valence-corrected chi connectivity index (χ2v) is 6.70. The number of H-pyrrole nitrogens is 1. The molecule has 0 amide bonds. The van der Waals surface area contributed by atoms with Crippen LogP contribution >= 0.6 is 0 Å². The van der Waals surface area contributed by atoms with Gasteiger partial charge in [-0.3, -0.25) is 10.1 Å². The predicted octanol–water partition coefficient (Wildman–Crippen LogP) is 5.25. The number of fused-ring (bicyclic) bond motifs is 1. The number of hydrogen-bond donors (Lipinski definition) is 1. The molecular weight excluding hydrogens is 399 g/mol. The summed E-state index contributed by atoms with van der Waals surface area (Å²) in [6.45, 7) is 0.190. The summed E-state index contributed by atoms with van der Waals surface area (Å²) in [5, 5.41) is 20.4. The van der Waals surface area contributed by atoms with Crippen molar-refractivity contribution in [2.24, 2.45) is 0 Å². The lowest BCUT2D eigenvalue weighted by molar-refractivity contribution is -0.384. The van der Waals surface area contributed by atoms with Crippen molar-refractivity contribution in [1.29, 1.82) is 5.26 Å². The van der Waals surface area contributed by atoms with E-state index in [9.17, 15) is 19.8 Å². The Kier molecular flexibility index (Phi) is 5.41. The number of benzene rings is 3. The van der Waals surface area contributed by atoms with Crippen LogP contribution in [0.15, 0.2) is 66.7 Å². The van der Waals surface area contributed by atoms with Crippen molar-refractivity contribution in [1.82, 2.24) is 9.97 Å². The zero-order chi connectivity index (χ0) is 21.8. The van der Waals surface area contributed by atoms with Gasteiger partial charge in [0.2, 0.25) is 0 Å². The van der Waals surface area contributed by atoms with Crippen LogP contribution in [0.1, 0.15) is 17.0 Å². The number of nitro groups is 1. The Morgan fingerprint density at radius 1 is 1.19 bits per heavy atom. The summed E-state index contributed by atoms with van der Waals surface area (Å²) in [4.78, 5) is 17.7. The second-order valence-electron chi connectivity index (χ2n) is 6.70. The third-order valence-corrected chi connectivity index (χ3v) is 4.54. The molecule has 0 fully saturated rings. The van der Waals surface area contributed by atoms with E-state index < -0.39 is 4.92 Å². The topological polar surface area (TPSA) is 105 Å². The largest absolute Gasteiger partial charge is 0.489 e. The van der Waals surface area contributed by atoms with Crippen LogP contribution in [0.3, 0.4) is 0 Å². The van der Waals surface area contributed by atoms with Gasteiger partial charge in [-0.1, -0.05) is 24.3 Å². The van der Waals surface area contributed by atoms with Crippen molar-refractivity contribution in [3.63, 3.8) is 0 Å². The highest BCUT2D eigenvalue weighted by molar-refractivity contribution is 5.90. The van der Waals surface area contributed by atoms with Crippen molar-refractivity contribution in [3.8, 4) is 11.8 Å². The number of nitrogens with zero attached hydrogens (tertiary/aromatic N) is 3. The summed E-state index contributed by atoms with van der Waals surface area (Å²) < 4.78 is 19.1. The Balaban J connectivity index is 1.48. The van der Waals surface area contributed by atoms with E-state index in [1.54, 1.807) is 48.5 Å². The zero-order valence-electron chi connectivity index (χ0n) is 16.1. The van der Waals surface area contributed by atoms with E-state index >= 15 is 0 Å². The molecule has 0 aliphatic rings. The molecule has 0 saturated heterocycles. The van der Waals surface area contributed by atoms with Crippen LogP contribution in [0, 0.1) is 27.3 Å². The van der Waals surface area contributed by atoms with Gasteiger partial charge in [-0.15, -0.1) is 0 Å². The third-order valence-electron chi connectivity index (χ3n) is 4.54. The monoisotopic (exact) mass is 414 g/mol. The minimum atomic E-state index is -0.448. The minimum Gasteiger partial charge on any atom is -0.489 e. The van der Waals surface area contributed by atoms with Crippen molar-refractivity contribution in [2.45, 2.75) is 6.61 Å². The molecular formula is C23H15FN4O3. The van der Waals surface area contributed by atoms with E-state index in [0.29, 0.717) is 33.7 Å². The number of non-ortho nitro benzene ring substituents is 1. The van der Waals surface area contributed by atoms with Crippen LogP contribution in [0.4, 0.5) is 10.1 Å². The Hall–Kier alpha value is -4.51. The fourth-order valence-electron chi connectivity index (χ4n) is 3.02. The van der Waals surface area contributed by atoms with Gasteiger partial charge in [0.05, 0.1) is 21.5 Å². The Labute approximate surface area is 176 Å². The van der Waals surface area contributed by atoms with E-state index in [1.807, 2.05) is 0 Å². The maximum absolute atomic E-state index is 13.4. The maximum atomic E-state index is 13.4. The van der Waals surface area contributed by atoms with E-state index in [-0.39, 0.29) is 18.1 Å². The van der Waals surface area contributed by atoms with Gasteiger partial charge in [-0.25, -0.2) is 9.37 Å². The summed E-state index contributed by atoms with van der Waals surface area (Å²) in [6.07, 6.45) is 1.67. The number of aromatic nitrogens is 2. The first-order valence-corrected chi connectivity index (χ1v) is 9.25. The average Bonchev–Trinajstić information content (AvgIpc) is 3.20. The molecule has 3 aromatic carbocycles. The van der Waals surface area contributed by atoms with Gasteiger partial charge >= 0.3 is 0 Å². The highest BCUT2D eigenvalue weighted by Crippen LogP contribution is 2.22. The molecule has 31 heavy (non-hydrogen) atoms. The molecule has 0 unspecified atom stereocenters. The quantitative estimate of drug-likeness (QED) is 0.263. The zero-order valence-corrected chi connectivity index (χ0v) is 16.1. The molecule has 0 radical (unpaired) electrons. The van der Waals surface area contributed by atoms with E-state index in [1.165, 1.54) is 24.3 Å². The van der Waals surface area contributed by atoms with Gasteiger partial charge < -0.3 is 9.72 Å². The lowest BCUT2D eigenvalue weighted by atomic mass is 10.1. The first-order valence-electron chi connectivity index (χ1n) is 9.25. The van der Waals surface area contributed by atoms with E-state index in [4.69, 9.17) is 4.74 Å². The van der Waals surface area contributed by atoms with Crippen LogP contribution in [0.2, 0.25) is 0 Å². The van der Waals surface area contributed by atoms with Crippen LogP contribution in [0.25, 0.3) is 22.7 Å². The highest BCUT2D eigenvalue weighted by atomic mass is 19.1. The normalized spacial score (nSPS) is 11.3. The number of imidazole rings is 1. The maximum Gasteiger partial charge on any atom is 0.269 e. The van der Waals surface area contributed by atoms with Crippen molar-refractivity contribution >= 4 is 28.4 Å². The molecule has 4 rings (SSSR count). The Morgan fingerprint density at radius 3 is 2.74 bits per heavy atom. The average molecular weight is 414 g/mol. The lowest BCUT2D eigenvalue weighted by Crippen LogP contribution is -1.97. The van der Waals surface area contributed by atoms with E-state index in [0.717, 1.165) is 5.56 Å². The molecule has 1 heterocycles. The van der Waals surface area contributed by atoms with Crippen molar-refractivity contribution in [2.75, 3.05) is 0 Å². The summed E-state index contributed by atoms with van der Waals surface area (Å²) in [7, 11) is 0. The van der Waals surface area contributed by atoms with Crippen LogP contribution in [-0.2, 0) is 6.61 Å². The van der Waals surface area contributed by atoms with Crippen LogP contribution in [0.5, 0.6) is 5.75 Å². The molecule has 0 bridgehead atoms. The Morgan fingerprint density at radius 2 is 2.00 bits per heavy atom. The summed E-state index contributed by atoms with van der Waals surface area (Å²) >= 11 is 0. The van der Waals surface area contributed by atoms with Gasteiger partial charge in [-0.05, 0) is 47.5 Å². The number of nitrogens with one attached hydrogen (secondary N) is 1. The Bertz CT molecular complexity index is 1340. The summed E-state index contributed by atoms with van der Waals surface area (Å²) in [5.74, 6) is 0.557. The number of hydrogen-bond acceptors (Lipinski definition) is 5. The molecule has 1 aromatic heterocycles. The first-order chi connectivity index (χ1) is 15.0. The number of nitriles is 1. The molecule has 0 saturated carbocycles. The number of halogens is 1. The van der Waals surface area contributed by atoms with Gasteiger partial charge in [0.1, 0.15) is 30.1 Å². The molecule has 0 atom stereocenters. The molecule has 0 spiro atoms. The molecule has 152 valence electrons. The van der Waals surface area contributed by atoms with Gasteiger partial charge in [0, 0.05) is 12.1 Å². The third kappa shape index (κ3) is 4.57. The number of aromatic amines is 1. The predicted molar refractivity (Wildman–Crippen MR) is 113 cm³/mol. The number of rotatable bonds is 6. The molecule has 1 N–H and O–H groups in total. The smallest absolute Gasteiger partial charge is 0.269 e. The molecule has 0 aliphatic heterocycles. The van der Waals surface area contributed by atoms with Crippen molar-refractivity contribution < 1.29 is 14.1 Å². The minimum absolute atomic E-state index is 0.0129. The number of nitro benzene ring substituents is 1. The highest BCUT2D eigenvalue weighted by Gasteiger charge is 2.09. The fraction of sp³-hybridized carbons (Fsp3) is 0.0435. The van der Waals surface area contributed by atoms with Crippen LogP contribution in [-0.4, -0.2) is 14.9 Å². The summed E-state index contributed by atoms with van der Waals surface area (Å²) in [5.41, 5.74) is 2.85. The molecule has 8 heteroatoms. The van der Waals surface area contributed by atoms with Gasteiger partial charge in [0.25, 0.3) is 5.69 Å². The lowest BCUT2D eigenvalue weighted by Gasteiger charge is -2.06. The van der Waals surface area contributed by atoms with Crippen molar-refractivity contribution in [3.05, 3.63) is 99.6 Å². The number of ether oxygens (including phenoxy) is 1. The fourth-order valence-corrected chi connectivity index (χ4v) is 3.02. The molecule has 7 nitrogen and oxygen atoms in total. The van der Waals surface area contributed by atoms with Gasteiger partial charge in [0.15, 0.2) is 0 Å².